The number of aromatic nitrogens is 3. The minimum absolute atomic E-state index is 0.0271. The summed E-state index contributed by atoms with van der Waals surface area (Å²) in [7, 11) is 0. The number of ether oxygens (including phenoxy) is 1. The second kappa shape index (κ2) is 7.87. The minimum atomic E-state index is -0.0271. The highest BCUT2D eigenvalue weighted by Gasteiger charge is 2.15. The van der Waals surface area contributed by atoms with E-state index in [0.717, 1.165) is 31.5 Å². The van der Waals surface area contributed by atoms with E-state index >= 15 is 0 Å². The highest BCUT2D eigenvalue weighted by atomic mass is 16.5. The number of nitrogens with zero attached hydrogens (tertiary/aromatic N) is 3. The number of hydrogen-bond acceptors (Lipinski definition) is 4. The van der Waals surface area contributed by atoms with Crippen LogP contribution in [0.5, 0.6) is 0 Å². The van der Waals surface area contributed by atoms with Gasteiger partial charge in [0.1, 0.15) is 5.69 Å². The Bertz CT molecular complexity index is 627. The van der Waals surface area contributed by atoms with Gasteiger partial charge in [0, 0.05) is 13.0 Å². The van der Waals surface area contributed by atoms with Gasteiger partial charge in [0.05, 0.1) is 25.5 Å². The summed E-state index contributed by atoms with van der Waals surface area (Å²) in [4.78, 5) is 12.1. The topological polar surface area (TPSA) is 69.0 Å². The summed E-state index contributed by atoms with van der Waals surface area (Å²) < 4.78 is 7.56. The summed E-state index contributed by atoms with van der Waals surface area (Å²) in [6.07, 6.45) is 4.98. The number of hydrogen-bond donors (Lipinski definition) is 1. The second-order valence-corrected chi connectivity index (χ2v) is 5.90. The van der Waals surface area contributed by atoms with Crippen LogP contribution in [-0.4, -0.2) is 33.5 Å². The van der Waals surface area contributed by atoms with Gasteiger partial charge in [-0.3, -0.25) is 9.48 Å². The van der Waals surface area contributed by atoms with Crippen molar-refractivity contribution in [2.24, 2.45) is 0 Å². The molecule has 1 aliphatic rings. The van der Waals surface area contributed by atoms with Gasteiger partial charge in [-0.05, 0) is 24.8 Å². The molecular formula is C17H22N4O2. The standard InChI is InChI=1S/C17H22N4O2/c22-17-8-4-5-9-21-11-16(19-20-21)13-23-12-15(18-17)10-14-6-2-1-3-7-14/h1-3,6-7,11,15H,4-5,8-10,12-13H2,(H,18,22)/t15-/m1/s1. The molecule has 1 aromatic heterocycles. The van der Waals surface area contributed by atoms with Crippen LogP contribution in [0.4, 0.5) is 0 Å². The van der Waals surface area contributed by atoms with Crippen LogP contribution in [0.25, 0.3) is 0 Å². The molecule has 1 aliphatic heterocycles. The molecular weight excluding hydrogens is 292 g/mol. The van der Waals surface area contributed by atoms with E-state index in [2.05, 4.69) is 27.8 Å². The van der Waals surface area contributed by atoms with Crippen LogP contribution in [0, 0.1) is 0 Å². The number of aryl methyl sites for hydroxylation is 1. The fourth-order valence-corrected chi connectivity index (χ4v) is 2.73. The molecule has 6 nitrogen and oxygen atoms in total. The maximum Gasteiger partial charge on any atom is 0.220 e. The lowest BCUT2D eigenvalue weighted by Gasteiger charge is -2.19. The smallest absolute Gasteiger partial charge is 0.220 e. The van der Waals surface area contributed by atoms with E-state index in [0.29, 0.717) is 19.6 Å². The van der Waals surface area contributed by atoms with E-state index in [4.69, 9.17) is 4.74 Å². The highest BCUT2D eigenvalue weighted by Crippen LogP contribution is 2.07. The van der Waals surface area contributed by atoms with Crippen LogP contribution in [0.3, 0.4) is 0 Å². The molecule has 2 aromatic rings. The number of amides is 1. The van der Waals surface area contributed by atoms with E-state index in [1.165, 1.54) is 5.56 Å². The van der Waals surface area contributed by atoms with E-state index in [9.17, 15) is 4.79 Å². The number of carbonyl (C=O) groups is 1. The Kier molecular flexibility index (Phi) is 5.37. The van der Waals surface area contributed by atoms with Crippen LogP contribution in [0.15, 0.2) is 36.5 Å². The molecule has 2 heterocycles. The third kappa shape index (κ3) is 4.89. The largest absolute Gasteiger partial charge is 0.373 e. The number of carbonyl (C=O) groups excluding carboxylic acids is 1. The second-order valence-electron chi connectivity index (χ2n) is 5.90. The Hall–Kier alpha value is -2.21. The van der Waals surface area contributed by atoms with E-state index in [-0.39, 0.29) is 11.9 Å². The van der Waals surface area contributed by atoms with Crippen LogP contribution < -0.4 is 5.32 Å². The number of rotatable bonds is 2. The summed E-state index contributed by atoms with van der Waals surface area (Å²) >= 11 is 0. The minimum Gasteiger partial charge on any atom is -0.373 e. The van der Waals surface area contributed by atoms with Gasteiger partial charge in [-0.15, -0.1) is 5.10 Å². The maximum atomic E-state index is 12.1. The number of fused-ring (bicyclic) bond motifs is 2. The fraction of sp³-hybridized carbons (Fsp3) is 0.471. The summed E-state index contributed by atoms with van der Waals surface area (Å²) in [5, 5.41) is 11.3. The summed E-state index contributed by atoms with van der Waals surface area (Å²) in [5.41, 5.74) is 2.02. The number of benzene rings is 1. The van der Waals surface area contributed by atoms with Crippen LogP contribution in [-0.2, 0) is 29.1 Å². The first-order valence-electron chi connectivity index (χ1n) is 8.09. The Morgan fingerprint density at radius 3 is 3.00 bits per heavy atom. The molecule has 0 saturated heterocycles. The maximum absolute atomic E-state index is 12.1. The van der Waals surface area contributed by atoms with Gasteiger partial charge >= 0.3 is 0 Å². The van der Waals surface area contributed by atoms with Crippen molar-refractivity contribution < 1.29 is 9.53 Å². The summed E-state index contributed by atoms with van der Waals surface area (Å²) in [6, 6.07) is 10.1. The molecule has 6 heteroatoms. The predicted octanol–water partition coefficient (Wildman–Crippen LogP) is 1.71. The van der Waals surface area contributed by atoms with Crippen molar-refractivity contribution in [3.8, 4) is 0 Å². The lowest BCUT2D eigenvalue weighted by atomic mass is 10.1. The Morgan fingerprint density at radius 1 is 1.26 bits per heavy atom. The monoisotopic (exact) mass is 314 g/mol. The average molecular weight is 314 g/mol. The molecule has 0 unspecified atom stereocenters. The molecule has 1 atom stereocenters. The zero-order chi connectivity index (χ0) is 15.9. The zero-order valence-corrected chi connectivity index (χ0v) is 13.1. The van der Waals surface area contributed by atoms with Crippen molar-refractivity contribution in [2.45, 2.75) is 44.9 Å². The van der Waals surface area contributed by atoms with E-state index < -0.39 is 0 Å². The first-order valence-corrected chi connectivity index (χ1v) is 8.09. The lowest BCUT2D eigenvalue weighted by molar-refractivity contribution is -0.122. The van der Waals surface area contributed by atoms with Crippen molar-refractivity contribution in [3.63, 3.8) is 0 Å². The third-order valence-corrected chi connectivity index (χ3v) is 3.89. The Morgan fingerprint density at radius 2 is 2.13 bits per heavy atom. The number of nitrogens with one attached hydrogen (secondary N) is 1. The summed E-state index contributed by atoms with van der Waals surface area (Å²) in [5.74, 6) is 0.0900. The molecule has 0 saturated carbocycles. The molecule has 23 heavy (non-hydrogen) atoms. The molecule has 122 valence electrons. The normalized spacial score (nSPS) is 20.0. The van der Waals surface area contributed by atoms with Crippen molar-refractivity contribution in [1.82, 2.24) is 20.3 Å². The van der Waals surface area contributed by atoms with Gasteiger partial charge in [-0.2, -0.15) is 0 Å². The predicted molar refractivity (Wildman–Crippen MR) is 85.6 cm³/mol. The highest BCUT2D eigenvalue weighted by molar-refractivity contribution is 5.76. The fourth-order valence-electron chi connectivity index (χ4n) is 2.73. The lowest BCUT2D eigenvalue weighted by Crippen LogP contribution is -2.39. The van der Waals surface area contributed by atoms with Crippen LogP contribution in [0.2, 0.25) is 0 Å². The molecule has 0 aliphatic carbocycles. The van der Waals surface area contributed by atoms with E-state index in [1.807, 2.05) is 29.1 Å². The van der Waals surface area contributed by atoms with Crippen LogP contribution in [0.1, 0.15) is 30.5 Å². The molecule has 2 bridgehead atoms. The van der Waals surface area contributed by atoms with Gasteiger partial charge in [0.25, 0.3) is 0 Å². The molecule has 0 radical (unpaired) electrons. The van der Waals surface area contributed by atoms with Gasteiger partial charge in [0.15, 0.2) is 0 Å². The van der Waals surface area contributed by atoms with Crippen LogP contribution >= 0.6 is 0 Å². The van der Waals surface area contributed by atoms with Gasteiger partial charge in [0.2, 0.25) is 5.91 Å². The van der Waals surface area contributed by atoms with Crippen molar-refractivity contribution >= 4 is 5.91 Å². The van der Waals surface area contributed by atoms with Crippen molar-refractivity contribution in [2.75, 3.05) is 6.61 Å². The Balaban J connectivity index is 1.65. The Labute approximate surface area is 135 Å². The molecule has 1 amide bonds. The first kappa shape index (κ1) is 15.7. The van der Waals surface area contributed by atoms with Gasteiger partial charge in [-0.25, -0.2) is 0 Å². The van der Waals surface area contributed by atoms with Crippen molar-refractivity contribution in [3.05, 3.63) is 47.8 Å². The third-order valence-electron chi connectivity index (χ3n) is 3.89. The molecule has 0 fully saturated rings. The molecule has 1 aromatic carbocycles. The average Bonchev–Trinajstić information content (AvgIpc) is 3.00. The quantitative estimate of drug-likeness (QED) is 0.916. The molecule has 1 N–H and O–H groups in total. The SMILES string of the molecule is O=C1CCCCn2cc(nn2)COC[C@@H](Cc2ccccc2)N1. The summed E-state index contributed by atoms with van der Waals surface area (Å²) in [6.45, 7) is 1.67. The van der Waals surface area contributed by atoms with Gasteiger partial charge < -0.3 is 10.1 Å². The van der Waals surface area contributed by atoms with Crippen molar-refractivity contribution in [1.29, 1.82) is 0 Å². The first-order chi connectivity index (χ1) is 11.3. The zero-order valence-electron chi connectivity index (χ0n) is 13.1. The van der Waals surface area contributed by atoms with E-state index in [1.54, 1.807) is 0 Å². The molecule has 0 spiro atoms. The van der Waals surface area contributed by atoms with Gasteiger partial charge in [-0.1, -0.05) is 35.5 Å². The molecule has 3 rings (SSSR count).